The van der Waals surface area contributed by atoms with Crippen LogP contribution in [0.15, 0.2) is 64.2 Å². The van der Waals surface area contributed by atoms with Crippen LogP contribution in [0.3, 0.4) is 0 Å². The summed E-state index contributed by atoms with van der Waals surface area (Å²) in [5.74, 6) is 1.25. The molecule has 168 valence electrons. The second kappa shape index (κ2) is 9.36. The van der Waals surface area contributed by atoms with Crippen molar-refractivity contribution in [1.29, 1.82) is 0 Å². The molecule has 5 rings (SSSR count). The van der Waals surface area contributed by atoms with Gasteiger partial charge in [-0.25, -0.2) is 9.97 Å². The molecule has 0 atom stereocenters. The van der Waals surface area contributed by atoms with Crippen LogP contribution in [0.4, 0.5) is 0 Å². The Hall–Kier alpha value is -3.17. The number of amides is 2. The number of benzene rings is 1. The average molecular weight is 479 g/mol. The van der Waals surface area contributed by atoms with Crippen LogP contribution in [-0.2, 0) is 4.79 Å². The molecule has 33 heavy (non-hydrogen) atoms. The molecule has 4 aromatic rings. The number of carbonyl (C=O) groups is 2. The molecule has 7 nitrogen and oxygen atoms in total. The van der Waals surface area contributed by atoms with Gasteiger partial charge in [-0.2, -0.15) is 0 Å². The summed E-state index contributed by atoms with van der Waals surface area (Å²) in [7, 11) is 0. The molecule has 0 radical (unpaired) electrons. The molecular weight excluding hydrogens is 456 g/mol. The molecule has 1 saturated heterocycles. The molecule has 0 N–H and O–H groups in total. The number of aromatic nitrogens is 2. The smallest absolute Gasteiger partial charge is 0.289 e. The minimum Gasteiger partial charge on any atom is -0.459 e. The lowest BCUT2D eigenvalue weighted by atomic mass is 10.2. The molecule has 9 heteroatoms. The van der Waals surface area contributed by atoms with Crippen molar-refractivity contribution in [2.75, 3.05) is 31.9 Å². The predicted molar refractivity (Wildman–Crippen MR) is 130 cm³/mol. The highest BCUT2D eigenvalue weighted by atomic mass is 32.2. The van der Waals surface area contributed by atoms with Crippen LogP contribution in [0.5, 0.6) is 0 Å². The molecule has 1 fully saturated rings. The molecule has 1 aliphatic heterocycles. The summed E-state index contributed by atoms with van der Waals surface area (Å²) in [5.41, 5.74) is 1.15. The van der Waals surface area contributed by atoms with Crippen molar-refractivity contribution in [3.05, 3.63) is 66.4 Å². The summed E-state index contributed by atoms with van der Waals surface area (Å²) < 4.78 is 5.20. The minimum atomic E-state index is -0.132. The first kappa shape index (κ1) is 21.7. The molecule has 0 unspecified atom stereocenters. The van der Waals surface area contributed by atoms with Crippen molar-refractivity contribution < 1.29 is 14.0 Å². The van der Waals surface area contributed by atoms with Crippen LogP contribution in [0, 0.1) is 6.92 Å². The van der Waals surface area contributed by atoms with Crippen molar-refractivity contribution >= 4 is 45.1 Å². The second-order valence-electron chi connectivity index (χ2n) is 7.71. The Labute approximate surface area is 199 Å². The minimum absolute atomic E-state index is 0.0491. The van der Waals surface area contributed by atoms with Crippen molar-refractivity contribution in [2.45, 2.75) is 11.9 Å². The fraction of sp³-hybridized carbons (Fsp3) is 0.250. The Bertz CT molecular complexity index is 1280. The second-order valence-corrected chi connectivity index (χ2v) is 9.71. The van der Waals surface area contributed by atoms with Crippen LogP contribution in [0.1, 0.15) is 16.4 Å². The monoisotopic (exact) mass is 478 g/mol. The van der Waals surface area contributed by atoms with Gasteiger partial charge < -0.3 is 14.2 Å². The molecule has 1 aromatic carbocycles. The first-order chi connectivity index (χ1) is 16.1. The number of carbonyl (C=O) groups excluding carboxylic acids is 2. The molecule has 2 amide bonds. The van der Waals surface area contributed by atoms with Gasteiger partial charge in [0.05, 0.1) is 12.0 Å². The maximum absolute atomic E-state index is 12.9. The standard InChI is InChI=1S/C24H22N4O3S2/c1-16-25-22(18-14-20(33-23(18)26-16)17-6-3-2-4-7-17)32-15-21(29)27-9-11-28(12-10-27)24(30)19-8-5-13-31-19/h2-8,13-14H,9-12,15H2,1H3. The van der Waals surface area contributed by atoms with Crippen LogP contribution in [-0.4, -0.2) is 63.5 Å². The van der Waals surface area contributed by atoms with Gasteiger partial charge in [0.2, 0.25) is 5.91 Å². The van der Waals surface area contributed by atoms with E-state index < -0.39 is 0 Å². The zero-order valence-electron chi connectivity index (χ0n) is 18.1. The molecule has 0 spiro atoms. The fourth-order valence-corrected chi connectivity index (χ4v) is 5.89. The summed E-state index contributed by atoms with van der Waals surface area (Å²) in [6, 6.07) is 15.7. The summed E-state index contributed by atoms with van der Waals surface area (Å²) >= 11 is 3.09. The number of fused-ring (bicyclic) bond motifs is 1. The topological polar surface area (TPSA) is 79.5 Å². The zero-order chi connectivity index (χ0) is 22.8. The Morgan fingerprint density at radius 1 is 1.03 bits per heavy atom. The van der Waals surface area contributed by atoms with Gasteiger partial charge in [0.1, 0.15) is 15.7 Å². The van der Waals surface area contributed by atoms with E-state index in [0.717, 1.165) is 25.7 Å². The quantitative estimate of drug-likeness (QED) is 0.314. The third-order valence-corrected chi connectivity index (χ3v) is 7.57. The number of hydrogen-bond acceptors (Lipinski definition) is 7. The van der Waals surface area contributed by atoms with Gasteiger partial charge in [0.25, 0.3) is 5.91 Å². The summed E-state index contributed by atoms with van der Waals surface area (Å²) in [6.45, 7) is 3.90. The molecule has 1 aliphatic rings. The molecule has 3 aromatic heterocycles. The Morgan fingerprint density at radius 3 is 2.52 bits per heavy atom. The lowest BCUT2D eigenvalue weighted by molar-refractivity contribution is -0.129. The number of aryl methyl sites for hydroxylation is 1. The van der Waals surface area contributed by atoms with Gasteiger partial charge in [-0.3, -0.25) is 9.59 Å². The fourth-order valence-electron chi connectivity index (χ4n) is 3.79. The Morgan fingerprint density at radius 2 is 1.79 bits per heavy atom. The lowest BCUT2D eigenvalue weighted by Gasteiger charge is -2.34. The first-order valence-electron chi connectivity index (χ1n) is 10.7. The van der Waals surface area contributed by atoms with E-state index in [9.17, 15) is 9.59 Å². The summed E-state index contributed by atoms with van der Waals surface area (Å²) in [4.78, 5) is 40.1. The van der Waals surface area contributed by atoms with E-state index in [1.54, 1.807) is 28.4 Å². The highest BCUT2D eigenvalue weighted by Gasteiger charge is 2.26. The number of rotatable bonds is 5. The number of hydrogen-bond donors (Lipinski definition) is 0. The highest BCUT2D eigenvalue weighted by molar-refractivity contribution is 8.00. The van der Waals surface area contributed by atoms with Gasteiger partial charge in [0, 0.05) is 36.4 Å². The zero-order valence-corrected chi connectivity index (χ0v) is 19.7. The highest BCUT2D eigenvalue weighted by Crippen LogP contribution is 2.36. The van der Waals surface area contributed by atoms with E-state index in [1.807, 2.05) is 30.0 Å². The third kappa shape index (κ3) is 4.65. The van der Waals surface area contributed by atoms with Gasteiger partial charge in [-0.05, 0) is 30.7 Å². The molecule has 0 bridgehead atoms. The van der Waals surface area contributed by atoms with E-state index in [2.05, 4.69) is 28.2 Å². The predicted octanol–water partition coefficient (Wildman–Crippen LogP) is 4.34. The number of furan rings is 1. The van der Waals surface area contributed by atoms with Crippen molar-refractivity contribution in [3.63, 3.8) is 0 Å². The van der Waals surface area contributed by atoms with Gasteiger partial charge in [-0.15, -0.1) is 11.3 Å². The lowest BCUT2D eigenvalue weighted by Crippen LogP contribution is -2.51. The number of nitrogens with zero attached hydrogens (tertiary/aromatic N) is 4. The van der Waals surface area contributed by atoms with E-state index in [0.29, 0.717) is 43.5 Å². The average Bonchev–Trinajstić information content (AvgIpc) is 3.53. The van der Waals surface area contributed by atoms with E-state index in [4.69, 9.17) is 4.42 Å². The maximum atomic E-state index is 12.9. The third-order valence-electron chi connectivity index (χ3n) is 5.51. The summed E-state index contributed by atoms with van der Waals surface area (Å²) in [6.07, 6.45) is 1.49. The van der Waals surface area contributed by atoms with Crippen LogP contribution >= 0.6 is 23.1 Å². The Kier molecular flexibility index (Phi) is 6.15. The van der Waals surface area contributed by atoms with Crippen LogP contribution in [0.25, 0.3) is 20.7 Å². The molecular formula is C24H22N4O3S2. The van der Waals surface area contributed by atoms with Gasteiger partial charge in [0.15, 0.2) is 5.76 Å². The van der Waals surface area contributed by atoms with Crippen molar-refractivity contribution in [2.24, 2.45) is 0 Å². The number of thioether (sulfide) groups is 1. The van der Waals surface area contributed by atoms with E-state index in [1.165, 1.54) is 18.0 Å². The normalized spacial score (nSPS) is 14.1. The molecule has 0 aliphatic carbocycles. The molecule has 0 saturated carbocycles. The first-order valence-corrected chi connectivity index (χ1v) is 12.5. The maximum Gasteiger partial charge on any atom is 0.289 e. The van der Waals surface area contributed by atoms with Crippen molar-refractivity contribution in [3.8, 4) is 10.4 Å². The number of piperazine rings is 1. The van der Waals surface area contributed by atoms with Gasteiger partial charge >= 0.3 is 0 Å². The van der Waals surface area contributed by atoms with Gasteiger partial charge in [-0.1, -0.05) is 42.1 Å². The van der Waals surface area contributed by atoms with E-state index >= 15 is 0 Å². The Balaban J connectivity index is 1.24. The van der Waals surface area contributed by atoms with Crippen LogP contribution < -0.4 is 0 Å². The van der Waals surface area contributed by atoms with Crippen LogP contribution in [0.2, 0.25) is 0 Å². The summed E-state index contributed by atoms with van der Waals surface area (Å²) in [5, 5.41) is 1.81. The SMILES string of the molecule is Cc1nc(SCC(=O)N2CCN(C(=O)c3ccco3)CC2)c2cc(-c3ccccc3)sc2n1. The van der Waals surface area contributed by atoms with Crippen molar-refractivity contribution in [1.82, 2.24) is 19.8 Å². The number of thiophene rings is 1. The largest absolute Gasteiger partial charge is 0.459 e. The molecule has 4 heterocycles. The van der Waals surface area contributed by atoms with E-state index in [-0.39, 0.29) is 11.8 Å².